The van der Waals surface area contributed by atoms with Crippen molar-refractivity contribution in [2.45, 2.75) is 72.4 Å². The molecule has 2 heterocycles. The minimum absolute atomic E-state index is 0.113. The van der Waals surface area contributed by atoms with Gasteiger partial charge in [0.2, 0.25) is 5.91 Å². The molecule has 0 aliphatic heterocycles. The Labute approximate surface area is 199 Å². The highest BCUT2D eigenvalue weighted by atomic mass is 32.2. The summed E-state index contributed by atoms with van der Waals surface area (Å²) >= 11 is 3.00. The lowest BCUT2D eigenvalue weighted by atomic mass is 9.72. The number of hydrogen-bond acceptors (Lipinski definition) is 7. The summed E-state index contributed by atoms with van der Waals surface area (Å²) in [6.07, 6.45) is 3.14. The maximum atomic E-state index is 12.7. The molecule has 0 fully saturated rings. The van der Waals surface area contributed by atoms with Crippen LogP contribution in [0.25, 0.3) is 0 Å². The first kappa shape index (κ1) is 24.7. The van der Waals surface area contributed by atoms with Crippen molar-refractivity contribution in [2.75, 3.05) is 17.7 Å². The van der Waals surface area contributed by atoms with Crippen LogP contribution < -0.4 is 5.32 Å². The van der Waals surface area contributed by atoms with E-state index in [0.717, 1.165) is 36.2 Å². The van der Waals surface area contributed by atoms with Crippen LogP contribution in [0.1, 0.15) is 72.7 Å². The van der Waals surface area contributed by atoms with Gasteiger partial charge in [0.25, 0.3) is 0 Å². The number of esters is 1. The van der Waals surface area contributed by atoms with Crippen LogP contribution in [0.4, 0.5) is 5.00 Å². The minimum Gasteiger partial charge on any atom is -0.462 e. The number of thiophene rings is 1. The van der Waals surface area contributed by atoms with Crippen LogP contribution in [0.5, 0.6) is 0 Å². The normalized spacial score (nSPS) is 15.9. The Bertz CT molecular complexity index is 975. The van der Waals surface area contributed by atoms with Crippen LogP contribution in [0.3, 0.4) is 0 Å². The monoisotopic (exact) mass is 475 g/mol. The second kappa shape index (κ2) is 10.3. The summed E-state index contributed by atoms with van der Waals surface area (Å²) in [7, 11) is 0. The van der Waals surface area contributed by atoms with E-state index in [1.807, 2.05) is 19.9 Å². The molecule has 0 spiro atoms. The summed E-state index contributed by atoms with van der Waals surface area (Å²) in [6.45, 7) is 12.8. The first-order chi connectivity index (χ1) is 15.1. The fourth-order valence-electron chi connectivity index (χ4n) is 4.01. The number of aryl methyl sites for hydroxylation is 2. The molecule has 1 aliphatic rings. The molecule has 0 saturated heterocycles. The van der Waals surface area contributed by atoms with Crippen molar-refractivity contribution >= 4 is 40.0 Å². The summed E-state index contributed by atoms with van der Waals surface area (Å²) in [5.41, 5.74) is 3.66. The van der Waals surface area contributed by atoms with Crippen LogP contribution in [0.15, 0.2) is 11.2 Å². The van der Waals surface area contributed by atoms with Gasteiger partial charge in [0.05, 0.1) is 12.2 Å². The van der Waals surface area contributed by atoms with Gasteiger partial charge in [-0.1, -0.05) is 32.5 Å². The molecule has 1 atom stereocenters. The fraction of sp³-hybridized carbons (Fsp3) is 0.583. The Kier molecular flexibility index (Phi) is 7.98. The number of rotatable bonds is 7. The van der Waals surface area contributed by atoms with E-state index in [1.165, 1.54) is 28.0 Å². The number of anilines is 1. The molecular formula is C24H33N3O3S2. The standard InChI is InChI=1S/C24H33N3O3S2/c1-7-30-22(29)20-17-9-8-16(24(4,5)6)13-18(17)32-21(20)27-19(28)10-11-31-23-25-14(2)12-15(3)26-23/h12,16H,7-11,13H2,1-6H3,(H,27,28). The van der Waals surface area contributed by atoms with Gasteiger partial charge in [0, 0.05) is 28.4 Å². The second-order valence-electron chi connectivity index (χ2n) is 9.31. The zero-order valence-corrected chi connectivity index (χ0v) is 21.5. The number of hydrogen-bond donors (Lipinski definition) is 1. The van der Waals surface area contributed by atoms with Crippen LogP contribution in [-0.4, -0.2) is 34.2 Å². The molecule has 6 nitrogen and oxygen atoms in total. The highest BCUT2D eigenvalue weighted by molar-refractivity contribution is 7.99. The Morgan fingerprint density at radius 1 is 1.25 bits per heavy atom. The van der Waals surface area contributed by atoms with Gasteiger partial charge in [-0.2, -0.15) is 0 Å². The van der Waals surface area contributed by atoms with Crippen LogP contribution in [0, 0.1) is 25.2 Å². The molecular weight excluding hydrogens is 442 g/mol. The van der Waals surface area contributed by atoms with Gasteiger partial charge in [0.15, 0.2) is 5.16 Å². The molecule has 32 heavy (non-hydrogen) atoms. The first-order valence-electron chi connectivity index (χ1n) is 11.1. The lowest BCUT2D eigenvalue weighted by Crippen LogP contribution is -2.26. The number of carbonyl (C=O) groups is 2. The number of nitrogens with zero attached hydrogens (tertiary/aromatic N) is 2. The van der Waals surface area contributed by atoms with E-state index in [2.05, 4.69) is 36.1 Å². The average Bonchev–Trinajstić information content (AvgIpc) is 3.03. The number of nitrogens with one attached hydrogen (secondary N) is 1. The molecule has 3 rings (SSSR count). The maximum absolute atomic E-state index is 12.7. The third-order valence-corrected chi connectivity index (χ3v) is 7.76. The average molecular weight is 476 g/mol. The van der Waals surface area contributed by atoms with Gasteiger partial charge in [-0.15, -0.1) is 11.3 Å². The smallest absolute Gasteiger partial charge is 0.341 e. The minimum atomic E-state index is -0.340. The number of thioether (sulfide) groups is 1. The molecule has 1 aliphatic carbocycles. The summed E-state index contributed by atoms with van der Waals surface area (Å²) in [5, 5.41) is 4.30. The zero-order valence-electron chi connectivity index (χ0n) is 19.8. The third-order valence-electron chi connectivity index (χ3n) is 5.74. The molecule has 1 N–H and O–H groups in total. The number of carbonyl (C=O) groups excluding carboxylic acids is 2. The van der Waals surface area contributed by atoms with Crippen molar-refractivity contribution in [3.05, 3.63) is 33.5 Å². The van der Waals surface area contributed by atoms with Crippen molar-refractivity contribution in [1.82, 2.24) is 9.97 Å². The van der Waals surface area contributed by atoms with Crippen molar-refractivity contribution in [3.8, 4) is 0 Å². The molecule has 0 bridgehead atoms. The van der Waals surface area contributed by atoms with Gasteiger partial charge >= 0.3 is 5.97 Å². The van der Waals surface area contributed by atoms with Crippen LogP contribution in [0.2, 0.25) is 0 Å². The van der Waals surface area contributed by atoms with E-state index in [-0.39, 0.29) is 17.3 Å². The van der Waals surface area contributed by atoms with Gasteiger partial charge in [-0.25, -0.2) is 14.8 Å². The van der Waals surface area contributed by atoms with Gasteiger partial charge in [-0.3, -0.25) is 4.79 Å². The Balaban J connectivity index is 1.71. The van der Waals surface area contributed by atoms with Crippen molar-refractivity contribution in [2.24, 2.45) is 11.3 Å². The van der Waals surface area contributed by atoms with E-state index in [4.69, 9.17) is 4.74 Å². The van der Waals surface area contributed by atoms with Crippen molar-refractivity contribution in [3.63, 3.8) is 0 Å². The lowest BCUT2D eigenvalue weighted by molar-refractivity contribution is -0.115. The fourth-order valence-corrected chi connectivity index (χ4v) is 6.23. The van der Waals surface area contributed by atoms with Crippen molar-refractivity contribution < 1.29 is 14.3 Å². The van der Waals surface area contributed by atoms with E-state index in [9.17, 15) is 9.59 Å². The van der Waals surface area contributed by atoms with E-state index in [0.29, 0.717) is 40.4 Å². The summed E-state index contributed by atoms with van der Waals surface area (Å²) in [6, 6.07) is 1.93. The molecule has 174 valence electrons. The molecule has 1 amide bonds. The summed E-state index contributed by atoms with van der Waals surface area (Å²) in [4.78, 5) is 35.4. The van der Waals surface area contributed by atoms with Gasteiger partial charge in [-0.05, 0) is 63.0 Å². The quantitative estimate of drug-likeness (QED) is 0.319. The van der Waals surface area contributed by atoms with E-state index >= 15 is 0 Å². The Morgan fingerprint density at radius 3 is 2.56 bits per heavy atom. The number of ether oxygens (including phenoxy) is 1. The topological polar surface area (TPSA) is 81.2 Å². The highest BCUT2D eigenvalue weighted by Gasteiger charge is 2.34. The number of aromatic nitrogens is 2. The van der Waals surface area contributed by atoms with E-state index in [1.54, 1.807) is 6.92 Å². The molecule has 0 saturated carbocycles. The van der Waals surface area contributed by atoms with Gasteiger partial charge < -0.3 is 10.1 Å². The predicted octanol–water partition coefficient (Wildman–Crippen LogP) is 5.60. The number of amides is 1. The predicted molar refractivity (Wildman–Crippen MR) is 131 cm³/mol. The number of fused-ring (bicyclic) bond motifs is 1. The Hall–Kier alpha value is -1.93. The molecule has 0 radical (unpaired) electrons. The molecule has 1 unspecified atom stereocenters. The van der Waals surface area contributed by atoms with E-state index < -0.39 is 0 Å². The second-order valence-corrected chi connectivity index (χ2v) is 11.5. The summed E-state index contributed by atoms with van der Waals surface area (Å²) in [5.74, 6) is 0.674. The highest BCUT2D eigenvalue weighted by Crippen LogP contribution is 2.44. The maximum Gasteiger partial charge on any atom is 0.341 e. The Morgan fingerprint density at radius 2 is 1.94 bits per heavy atom. The largest absolute Gasteiger partial charge is 0.462 e. The SMILES string of the molecule is CCOC(=O)c1c(NC(=O)CCSc2nc(C)cc(C)n2)sc2c1CCC(C(C)(C)C)C2. The summed E-state index contributed by atoms with van der Waals surface area (Å²) < 4.78 is 5.33. The third kappa shape index (κ3) is 6.10. The van der Waals surface area contributed by atoms with Crippen molar-refractivity contribution in [1.29, 1.82) is 0 Å². The first-order valence-corrected chi connectivity index (χ1v) is 12.9. The molecule has 2 aromatic heterocycles. The molecule has 2 aromatic rings. The molecule has 8 heteroatoms. The van der Waals surface area contributed by atoms with Crippen LogP contribution in [-0.2, 0) is 22.4 Å². The zero-order chi connectivity index (χ0) is 23.5. The van der Waals surface area contributed by atoms with Gasteiger partial charge in [0.1, 0.15) is 5.00 Å². The molecule has 0 aromatic carbocycles. The lowest BCUT2D eigenvalue weighted by Gasteiger charge is -2.33. The van der Waals surface area contributed by atoms with Crippen LogP contribution >= 0.6 is 23.1 Å².